The molecule has 1 fully saturated rings. The van der Waals surface area contributed by atoms with Gasteiger partial charge in [0.05, 0.1) is 17.6 Å². The number of benzene rings is 2. The molecule has 2 aromatic rings. The molecule has 0 saturated carbocycles. The lowest BCUT2D eigenvalue weighted by atomic mass is 10.0. The molecule has 8 heteroatoms. The van der Waals surface area contributed by atoms with Crippen LogP contribution in [0.5, 0.6) is 5.75 Å². The monoisotopic (exact) mass is 386 g/mol. The Hall–Kier alpha value is -3.13. The van der Waals surface area contributed by atoms with Gasteiger partial charge in [-0.1, -0.05) is 24.3 Å². The van der Waals surface area contributed by atoms with Gasteiger partial charge >= 0.3 is 6.09 Å². The van der Waals surface area contributed by atoms with Gasteiger partial charge in [0.2, 0.25) is 0 Å². The highest BCUT2D eigenvalue weighted by Crippen LogP contribution is 2.29. The zero-order valence-electron chi connectivity index (χ0n) is 15.7. The Balaban J connectivity index is 1.60. The van der Waals surface area contributed by atoms with E-state index in [4.69, 9.17) is 9.47 Å². The summed E-state index contributed by atoms with van der Waals surface area (Å²) in [6.45, 7) is 4.06. The van der Waals surface area contributed by atoms with E-state index in [0.29, 0.717) is 24.3 Å². The molecule has 0 bridgehead atoms. The summed E-state index contributed by atoms with van der Waals surface area (Å²) in [6, 6.07) is 13.4. The van der Waals surface area contributed by atoms with Gasteiger partial charge in [0, 0.05) is 12.1 Å². The lowest BCUT2D eigenvalue weighted by molar-refractivity contribution is -0.384. The van der Waals surface area contributed by atoms with Crippen molar-refractivity contribution in [2.24, 2.45) is 0 Å². The average molecular weight is 386 g/mol. The molecule has 1 atom stereocenters. The lowest BCUT2D eigenvalue weighted by Gasteiger charge is -2.31. The summed E-state index contributed by atoms with van der Waals surface area (Å²) in [5, 5.41) is 20.3. The smallest absolute Gasteiger partial charge is 0.409 e. The van der Waals surface area contributed by atoms with Crippen LogP contribution in [-0.4, -0.2) is 39.4 Å². The minimum atomic E-state index is -0.996. The molecule has 0 radical (unpaired) electrons. The normalized spacial score (nSPS) is 18.1. The van der Waals surface area contributed by atoms with Crippen LogP contribution in [0, 0.1) is 10.1 Å². The van der Waals surface area contributed by atoms with Gasteiger partial charge in [0.1, 0.15) is 18.1 Å². The number of nitro benzene ring substituents is 1. The molecule has 1 saturated heterocycles. The third-order valence-corrected chi connectivity index (χ3v) is 4.70. The Kier molecular flexibility index (Phi) is 5.51. The van der Waals surface area contributed by atoms with Gasteiger partial charge in [0.15, 0.2) is 0 Å². The van der Waals surface area contributed by atoms with Crippen molar-refractivity contribution in [2.45, 2.75) is 38.6 Å². The Morgan fingerprint density at radius 3 is 2.64 bits per heavy atom. The molecule has 1 N–H and O–H groups in total. The summed E-state index contributed by atoms with van der Waals surface area (Å²) in [6.07, 6.45) is -0.453. The fourth-order valence-corrected chi connectivity index (χ4v) is 3.34. The average Bonchev–Trinajstić information content (AvgIpc) is 2.95. The predicted molar refractivity (Wildman–Crippen MR) is 101 cm³/mol. The summed E-state index contributed by atoms with van der Waals surface area (Å²) in [5.41, 5.74) is 0.875. The molecule has 8 nitrogen and oxygen atoms in total. The Bertz CT molecular complexity index is 865. The van der Waals surface area contributed by atoms with Crippen LogP contribution < -0.4 is 4.74 Å². The Morgan fingerprint density at radius 2 is 2.00 bits per heavy atom. The SMILES string of the molecule is CC1(C)OCC(Cc2ccc(OCc3cccc([N+](=O)[O-])c3)cc2)N1C(=O)O. The second kappa shape index (κ2) is 7.85. The quantitative estimate of drug-likeness (QED) is 0.598. The van der Waals surface area contributed by atoms with Gasteiger partial charge < -0.3 is 14.6 Å². The lowest BCUT2D eigenvalue weighted by Crippen LogP contribution is -2.47. The predicted octanol–water partition coefficient (Wildman–Crippen LogP) is 3.83. The highest BCUT2D eigenvalue weighted by atomic mass is 16.6. The number of non-ortho nitro benzene ring substituents is 1. The number of carboxylic acid groups (broad SMARTS) is 1. The van der Waals surface area contributed by atoms with E-state index >= 15 is 0 Å². The van der Waals surface area contributed by atoms with Crippen molar-refractivity contribution in [3.8, 4) is 5.75 Å². The van der Waals surface area contributed by atoms with Crippen LogP contribution in [0.15, 0.2) is 48.5 Å². The minimum absolute atomic E-state index is 0.0288. The molecule has 1 aliphatic rings. The fraction of sp³-hybridized carbons (Fsp3) is 0.350. The van der Waals surface area contributed by atoms with E-state index in [9.17, 15) is 20.0 Å². The first-order valence-corrected chi connectivity index (χ1v) is 8.87. The van der Waals surface area contributed by atoms with Crippen LogP contribution in [-0.2, 0) is 17.8 Å². The van der Waals surface area contributed by atoms with Crippen molar-refractivity contribution in [2.75, 3.05) is 6.61 Å². The molecule has 3 rings (SSSR count). The maximum absolute atomic E-state index is 11.5. The second-order valence-electron chi connectivity index (χ2n) is 7.13. The van der Waals surface area contributed by atoms with E-state index in [-0.39, 0.29) is 18.3 Å². The van der Waals surface area contributed by atoms with E-state index < -0.39 is 16.7 Å². The van der Waals surface area contributed by atoms with Crippen LogP contribution in [0.4, 0.5) is 10.5 Å². The third-order valence-electron chi connectivity index (χ3n) is 4.70. The van der Waals surface area contributed by atoms with E-state index in [0.717, 1.165) is 5.56 Å². The van der Waals surface area contributed by atoms with Crippen LogP contribution in [0.2, 0.25) is 0 Å². The number of hydrogen-bond acceptors (Lipinski definition) is 5. The summed E-state index contributed by atoms with van der Waals surface area (Å²) in [4.78, 5) is 23.3. The van der Waals surface area contributed by atoms with Crippen molar-refractivity contribution in [1.82, 2.24) is 4.90 Å². The van der Waals surface area contributed by atoms with Crippen molar-refractivity contribution in [3.05, 3.63) is 69.8 Å². The summed E-state index contributed by atoms with van der Waals surface area (Å²) < 4.78 is 11.3. The van der Waals surface area contributed by atoms with Crippen LogP contribution >= 0.6 is 0 Å². The molecule has 0 aliphatic carbocycles. The minimum Gasteiger partial charge on any atom is -0.489 e. The molecule has 148 valence electrons. The summed E-state index contributed by atoms with van der Waals surface area (Å²) in [7, 11) is 0. The first-order valence-electron chi connectivity index (χ1n) is 8.87. The number of rotatable bonds is 6. The number of amides is 1. The number of carbonyl (C=O) groups is 1. The van der Waals surface area contributed by atoms with Gasteiger partial charge in [-0.3, -0.25) is 15.0 Å². The van der Waals surface area contributed by atoms with Gasteiger partial charge in [-0.15, -0.1) is 0 Å². The zero-order valence-corrected chi connectivity index (χ0v) is 15.7. The van der Waals surface area contributed by atoms with Crippen molar-refractivity contribution < 1.29 is 24.3 Å². The van der Waals surface area contributed by atoms with Crippen molar-refractivity contribution in [1.29, 1.82) is 0 Å². The molecule has 2 aromatic carbocycles. The number of nitrogens with zero attached hydrogens (tertiary/aromatic N) is 2. The van der Waals surface area contributed by atoms with Crippen molar-refractivity contribution in [3.63, 3.8) is 0 Å². The van der Waals surface area contributed by atoms with Crippen LogP contribution in [0.3, 0.4) is 0 Å². The molecule has 1 heterocycles. The standard InChI is InChI=1S/C20H22N2O6/c1-20(2)21(19(23)24)17(13-28-20)10-14-6-8-18(9-7-14)27-12-15-4-3-5-16(11-15)22(25)26/h3-9,11,17H,10,12-13H2,1-2H3,(H,23,24). The molecule has 28 heavy (non-hydrogen) atoms. The summed E-state index contributed by atoms with van der Waals surface area (Å²) in [5.74, 6) is 0.633. The largest absolute Gasteiger partial charge is 0.489 e. The van der Waals surface area contributed by atoms with E-state index in [1.165, 1.54) is 17.0 Å². The second-order valence-corrected chi connectivity index (χ2v) is 7.13. The van der Waals surface area contributed by atoms with E-state index in [1.54, 1.807) is 38.1 Å². The summed E-state index contributed by atoms with van der Waals surface area (Å²) >= 11 is 0. The molecule has 1 unspecified atom stereocenters. The van der Waals surface area contributed by atoms with Gasteiger partial charge in [-0.2, -0.15) is 0 Å². The Morgan fingerprint density at radius 1 is 1.29 bits per heavy atom. The number of ether oxygens (including phenoxy) is 2. The van der Waals surface area contributed by atoms with Crippen molar-refractivity contribution >= 4 is 11.8 Å². The zero-order chi connectivity index (χ0) is 20.3. The Labute approximate surface area is 162 Å². The van der Waals surface area contributed by atoms with E-state index in [2.05, 4.69) is 0 Å². The molecular formula is C20H22N2O6. The van der Waals surface area contributed by atoms with E-state index in [1.807, 2.05) is 12.1 Å². The molecule has 1 amide bonds. The maximum Gasteiger partial charge on any atom is 0.409 e. The number of nitro groups is 1. The molecule has 0 aromatic heterocycles. The molecular weight excluding hydrogens is 364 g/mol. The fourth-order valence-electron chi connectivity index (χ4n) is 3.34. The first-order chi connectivity index (χ1) is 13.3. The van der Waals surface area contributed by atoms with Crippen LogP contribution in [0.25, 0.3) is 0 Å². The number of hydrogen-bond donors (Lipinski definition) is 1. The highest BCUT2D eigenvalue weighted by Gasteiger charge is 2.43. The van der Waals surface area contributed by atoms with Gasteiger partial charge in [-0.25, -0.2) is 4.79 Å². The highest BCUT2D eigenvalue weighted by molar-refractivity contribution is 5.66. The third kappa shape index (κ3) is 4.40. The topological polar surface area (TPSA) is 102 Å². The van der Waals surface area contributed by atoms with Crippen LogP contribution in [0.1, 0.15) is 25.0 Å². The van der Waals surface area contributed by atoms with Gasteiger partial charge in [0.25, 0.3) is 5.69 Å². The molecule has 0 spiro atoms. The maximum atomic E-state index is 11.5. The first kappa shape index (κ1) is 19.6. The molecule has 1 aliphatic heterocycles. The van der Waals surface area contributed by atoms with Gasteiger partial charge in [-0.05, 0) is 43.5 Å².